The van der Waals surface area contributed by atoms with Gasteiger partial charge >= 0.3 is 0 Å². The number of hydrogen-bond donors (Lipinski definition) is 1. The standard InChI is InChI=1S/C10H23O3PS/c1-8(2)14(9(3)4)10(5)6-7-15(11,12)13/h8-10H,6-7H2,1-5H3,(H,11,12,13). The molecule has 0 saturated heterocycles. The van der Waals surface area contributed by atoms with Gasteiger partial charge in [0.25, 0.3) is 10.1 Å². The third-order valence-electron chi connectivity index (χ3n) is 2.50. The van der Waals surface area contributed by atoms with Crippen LogP contribution in [0.15, 0.2) is 0 Å². The van der Waals surface area contributed by atoms with E-state index in [1.807, 2.05) is 0 Å². The van der Waals surface area contributed by atoms with Crippen molar-refractivity contribution in [3.8, 4) is 0 Å². The average molecular weight is 254 g/mol. The Morgan fingerprint density at radius 2 is 1.47 bits per heavy atom. The number of hydrogen-bond acceptors (Lipinski definition) is 2. The first-order chi connectivity index (χ1) is 6.65. The van der Waals surface area contributed by atoms with Gasteiger partial charge in [-0.05, 0) is 23.4 Å². The molecule has 0 rings (SSSR count). The van der Waals surface area contributed by atoms with Crippen molar-refractivity contribution in [2.75, 3.05) is 5.75 Å². The summed E-state index contributed by atoms with van der Waals surface area (Å²) in [6, 6.07) is 0. The molecule has 92 valence electrons. The van der Waals surface area contributed by atoms with E-state index >= 15 is 0 Å². The molecule has 0 aliphatic carbocycles. The smallest absolute Gasteiger partial charge is 0.264 e. The maximum atomic E-state index is 10.7. The summed E-state index contributed by atoms with van der Waals surface area (Å²) in [5, 5.41) is 0. The lowest BCUT2D eigenvalue weighted by Crippen LogP contribution is -2.17. The molecule has 0 fully saturated rings. The van der Waals surface area contributed by atoms with Gasteiger partial charge in [0, 0.05) is 0 Å². The van der Waals surface area contributed by atoms with E-state index in [1.165, 1.54) is 0 Å². The second kappa shape index (κ2) is 6.17. The summed E-state index contributed by atoms with van der Waals surface area (Å²) in [6.45, 7) is 10.9. The van der Waals surface area contributed by atoms with Gasteiger partial charge in [0.15, 0.2) is 0 Å². The van der Waals surface area contributed by atoms with E-state index in [0.29, 0.717) is 23.4 Å². The molecule has 0 bridgehead atoms. The molecule has 15 heavy (non-hydrogen) atoms. The quantitative estimate of drug-likeness (QED) is 0.585. The van der Waals surface area contributed by atoms with E-state index in [-0.39, 0.29) is 13.7 Å². The Balaban J connectivity index is 4.34. The highest BCUT2D eigenvalue weighted by atomic mass is 32.2. The van der Waals surface area contributed by atoms with Gasteiger partial charge in [-0.15, -0.1) is 0 Å². The van der Waals surface area contributed by atoms with Crippen LogP contribution in [0.4, 0.5) is 0 Å². The molecule has 0 aromatic carbocycles. The van der Waals surface area contributed by atoms with E-state index in [1.54, 1.807) is 0 Å². The lowest BCUT2D eigenvalue weighted by atomic mass is 10.4. The predicted octanol–water partition coefficient (Wildman–Crippen LogP) is 2.95. The fourth-order valence-electron chi connectivity index (χ4n) is 2.08. The first-order valence-corrected chi connectivity index (χ1v) is 8.53. The minimum atomic E-state index is -3.79. The Kier molecular flexibility index (Phi) is 6.31. The summed E-state index contributed by atoms with van der Waals surface area (Å²) < 4.78 is 30.0. The van der Waals surface area contributed by atoms with Crippen molar-refractivity contribution in [2.45, 2.75) is 58.0 Å². The van der Waals surface area contributed by atoms with Gasteiger partial charge in [-0.3, -0.25) is 4.55 Å². The van der Waals surface area contributed by atoms with Gasteiger partial charge in [-0.2, -0.15) is 8.42 Å². The van der Waals surface area contributed by atoms with Crippen LogP contribution in [0.5, 0.6) is 0 Å². The van der Waals surface area contributed by atoms with Crippen molar-refractivity contribution in [2.24, 2.45) is 0 Å². The van der Waals surface area contributed by atoms with E-state index in [0.717, 1.165) is 0 Å². The summed E-state index contributed by atoms with van der Waals surface area (Å²) in [7, 11) is -3.96. The Bertz CT molecular complexity index is 264. The molecule has 0 aromatic heterocycles. The largest absolute Gasteiger partial charge is 0.286 e. The lowest BCUT2D eigenvalue weighted by Gasteiger charge is -2.31. The molecule has 0 aromatic rings. The van der Waals surface area contributed by atoms with E-state index in [9.17, 15) is 8.42 Å². The van der Waals surface area contributed by atoms with Crippen molar-refractivity contribution in [3.63, 3.8) is 0 Å². The van der Waals surface area contributed by atoms with E-state index in [4.69, 9.17) is 4.55 Å². The highest BCUT2D eigenvalue weighted by Crippen LogP contribution is 2.51. The third-order valence-corrected chi connectivity index (χ3v) is 6.91. The lowest BCUT2D eigenvalue weighted by molar-refractivity contribution is 0.481. The van der Waals surface area contributed by atoms with Crippen molar-refractivity contribution < 1.29 is 13.0 Å². The van der Waals surface area contributed by atoms with Crippen LogP contribution < -0.4 is 0 Å². The molecule has 3 nitrogen and oxygen atoms in total. The highest BCUT2D eigenvalue weighted by molar-refractivity contribution is 7.85. The molecule has 0 radical (unpaired) electrons. The summed E-state index contributed by atoms with van der Waals surface area (Å²) in [4.78, 5) is 0. The van der Waals surface area contributed by atoms with Crippen molar-refractivity contribution in [1.82, 2.24) is 0 Å². The minimum Gasteiger partial charge on any atom is -0.286 e. The summed E-state index contributed by atoms with van der Waals surface area (Å²) in [5.74, 6) is -0.105. The zero-order valence-electron chi connectivity index (χ0n) is 10.3. The van der Waals surface area contributed by atoms with Crippen LogP contribution in [0.2, 0.25) is 0 Å². The van der Waals surface area contributed by atoms with Gasteiger partial charge < -0.3 is 0 Å². The maximum absolute atomic E-state index is 10.7. The SMILES string of the molecule is CC(C)P(C(C)C)C(C)CCS(=O)(=O)O. The van der Waals surface area contributed by atoms with E-state index in [2.05, 4.69) is 34.6 Å². The van der Waals surface area contributed by atoms with Crippen molar-refractivity contribution >= 4 is 18.0 Å². The zero-order valence-corrected chi connectivity index (χ0v) is 12.0. The molecule has 1 atom stereocenters. The second-order valence-corrected chi connectivity index (χ2v) is 9.97. The molecule has 1 N–H and O–H groups in total. The van der Waals surface area contributed by atoms with Gasteiger partial charge in [-0.1, -0.05) is 42.5 Å². The van der Waals surface area contributed by atoms with Crippen molar-refractivity contribution in [3.05, 3.63) is 0 Å². The topological polar surface area (TPSA) is 54.4 Å². The van der Waals surface area contributed by atoms with Crippen LogP contribution in [0, 0.1) is 0 Å². The van der Waals surface area contributed by atoms with Gasteiger partial charge in [0.2, 0.25) is 0 Å². The first kappa shape index (κ1) is 15.3. The molecule has 5 heteroatoms. The average Bonchev–Trinajstić information content (AvgIpc) is 1.97. The maximum Gasteiger partial charge on any atom is 0.264 e. The number of rotatable bonds is 6. The molecule has 0 saturated carbocycles. The summed E-state index contributed by atoms with van der Waals surface area (Å²) in [5.41, 5.74) is 1.61. The normalized spacial score (nSPS) is 15.3. The molecule has 0 aliphatic heterocycles. The van der Waals surface area contributed by atoms with E-state index < -0.39 is 10.1 Å². The Labute approximate surface area is 95.2 Å². The zero-order chi connectivity index (χ0) is 12.2. The predicted molar refractivity (Wildman–Crippen MR) is 67.7 cm³/mol. The van der Waals surface area contributed by atoms with Crippen LogP contribution in [-0.2, 0) is 10.1 Å². The third kappa shape index (κ3) is 6.49. The first-order valence-electron chi connectivity index (χ1n) is 5.37. The monoisotopic (exact) mass is 254 g/mol. The molecule has 0 heterocycles. The van der Waals surface area contributed by atoms with Crippen LogP contribution in [0.1, 0.15) is 41.0 Å². The minimum absolute atomic E-state index is 0.105. The molecule has 0 amide bonds. The highest BCUT2D eigenvalue weighted by Gasteiger charge is 2.24. The van der Waals surface area contributed by atoms with Crippen LogP contribution >= 0.6 is 7.92 Å². The van der Waals surface area contributed by atoms with Crippen LogP contribution in [0.25, 0.3) is 0 Å². The summed E-state index contributed by atoms with van der Waals surface area (Å²) >= 11 is 0. The van der Waals surface area contributed by atoms with Gasteiger partial charge in [0.05, 0.1) is 5.75 Å². The molecular weight excluding hydrogens is 231 g/mol. The summed E-state index contributed by atoms with van der Waals surface area (Å²) in [6.07, 6.45) is 0.570. The Morgan fingerprint density at radius 1 is 1.07 bits per heavy atom. The van der Waals surface area contributed by atoms with Crippen molar-refractivity contribution in [1.29, 1.82) is 0 Å². The van der Waals surface area contributed by atoms with Gasteiger partial charge in [0.1, 0.15) is 0 Å². The van der Waals surface area contributed by atoms with Crippen LogP contribution in [0.3, 0.4) is 0 Å². The molecule has 0 spiro atoms. The molecule has 1 unspecified atom stereocenters. The van der Waals surface area contributed by atoms with Gasteiger partial charge in [-0.25, -0.2) is 0 Å². The fourth-order valence-corrected chi connectivity index (χ4v) is 6.56. The Hall–Kier alpha value is 0.340. The Morgan fingerprint density at radius 3 is 1.73 bits per heavy atom. The molecular formula is C10H23O3PS. The van der Waals surface area contributed by atoms with Crippen LogP contribution in [-0.4, -0.2) is 35.7 Å². The second-order valence-electron chi connectivity index (χ2n) is 4.56. The molecule has 0 aliphatic rings. The fraction of sp³-hybridized carbons (Fsp3) is 1.00.